The molecule has 0 radical (unpaired) electrons. The van der Waals surface area contributed by atoms with Gasteiger partial charge >= 0.3 is 0 Å². The average molecular weight is 483 g/mol. The number of likely N-dealkylation sites (N-methyl/N-ethyl adjacent to an activating group) is 1. The smallest absolute Gasteiger partial charge is 0.293 e. The van der Waals surface area contributed by atoms with Crippen molar-refractivity contribution >= 4 is 45.7 Å². The zero-order valence-electron chi connectivity index (χ0n) is 19.4. The van der Waals surface area contributed by atoms with Crippen LogP contribution in [0.15, 0.2) is 35.3 Å². The molecule has 2 aromatic heterocycles. The van der Waals surface area contributed by atoms with Gasteiger partial charge in [0.15, 0.2) is 17.4 Å². The van der Waals surface area contributed by atoms with Crippen molar-refractivity contribution in [1.29, 1.82) is 0 Å². The fraction of sp³-hybridized carbons (Fsp3) is 0.417. The van der Waals surface area contributed by atoms with Crippen LogP contribution in [0, 0.1) is 0 Å². The number of fused-ring (bicyclic) bond motifs is 3. The highest BCUT2D eigenvalue weighted by molar-refractivity contribution is 6.32. The van der Waals surface area contributed by atoms with Gasteiger partial charge in [-0.2, -0.15) is 4.98 Å². The van der Waals surface area contributed by atoms with E-state index in [1.165, 1.54) is 4.57 Å². The van der Waals surface area contributed by atoms with Gasteiger partial charge in [-0.1, -0.05) is 18.5 Å². The molecule has 2 aliphatic rings. The molecule has 2 unspecified atom stereocenters. The molecule has 5 rings (SSSR count). The second-order valence-electron chi connectivity index (χ2n) is 8.95. The fourth-order valence-corrected chi connectivity index (χ4v) is 4.86. The van der Waals surface area contributed by atoms with Crippen molar-refractivity contribution in [3.8, 4) is 5.75 Å². The minimum atomic E-state index is -0.286. The molecule has 34 heavy (non-hydrogen) atoms. The summed E-state index contributed by atoms with van der Waals surface area (Å²) in [7, 11) is 3.84. The number of benzene rings is 1. The lowest BCUT2D eigenvalue weighted by Gasteiger charge is -2.32. The van der Waals surface area contributed by atoms with E-state index in [-0.39, 0.29) is 23.7 Å². The predicted molar refractivity (Wildman–Crippen MR) is 132 cm³/mol. The lowest BCUT2D eigenvalue weighted by Crippen LogP contribution is -2.45. The highest BCUT2D eigenvalue weighted by Gasteiger charge is 2.42. The molecule has 9 nitrogen and oxygen atoms in total. The Labute approximate surface area is 202 Å². The number of piperazine rings is 1. The number of nitrogens with one attached hydrogen (secondary N) is 1. The van der Waals surface area contributed by atoms with Gasteiger partial charge in [0.2, 0.25) is 5.95 Å². The van der Waals surface area contributed by atoms with Gasteiger partial charge in [0.25, 0.3) is 5.56 Å². The first-order chi connectivity index (χ1) is 16.3. The van der Waals surface area contributed by atoms with E-state index in [2.05, 4.69) is 27.1 Å². The van der Waals surface area contributed by atoms with Crippen LogP contribution in [0.2, 0.25) is 5.02 Å². The summed E-state index contributed by atoms with van der Waals surface area (Å²) in [6.07, 6.45) is 3.12. The van der Waals surface area contributed by atoms with E-state index < -0.39 is 0 Å². The molecule has 0 spiro atoms. The number of ether oxygens (including phenoxy) is 1. The summed E-state index contributed by atoms with van der Waals surface area (Å²) < 4.78 is 7.02. The number of carbonyl (C=O) groups is 1. The zero-order chi connectivity index (χ0) is 24.0. The summed E-state index contributed by atoms with van der Waals surface area (Å²) in [5.41, 5.74) is 1.22. The molecule has 10 heteroatoms. The summed E-state index contributed by atoms with van der Waals surface area (Å²) in [5, 5.41) is 4.50. The van der Waals surface area contributed by atoms with Gasteiger partial charge in [0, 0.05) is 49.7 Å². The number of carbonyl (C=O) groups excluding carboxylic acids is 1. The first kappa shape index (κ1) is 22.6. The van der Waals surface area contributed by atoms with Crippen LogP contribution in [-0.2, 0) is 11.8 Å². The van der Waals surface area contributed by atoms with Crippen LogP contribution >= 0.6 is 11.6 Å². The third-order valence-corrected chi connectivity index (χ3v) is 7.02. The predicted octanol–water partition coefficient (Wildman–Crippen LogP) is 2.98. The Bertz CT molecular complexity index is 1320. The molecule has 0 aliphatic carbocycles. The number of likely N-dealkylation sites (tertiary alicyclic amines) is 1. The number of Topliss-reactive ketones (excluding diaryl/α,β-unsaturated/α-hetero) is 1. The van der Waals surface area contributed by atoms with Crippen LogP contribution < -0.4 is 20.5 Å². The molecular weight excluding hydrogens is 456 g/mol. The van der Waals surface area contributed by atoms with Crippen molar-refractivity contribution < 1.29 is 9.53 Å². The Hall–Kier alpha value is -3.17. The minimum Gasteiger partial charge on any atom is -0.480 e. The molecule has 0 amide bonds. The molecule has 2 bridgehead atoms. The molecule has 1 aromatic carbocycles. The first-order valence-corrected chi connectivity index (χ1v) is 11.8. The van der Waals surface area contributed by atoms with E-state index in [0.29, 0.717) is 35.3 Å². The third-order valence-electron chi connectivity index (χ3n) is 6.74. The van der Waals surface area contributed by atoms with Gasteiger partial charge in [0.05, 0.1) is 11.7 Å². The zero-order valence-corrected chi connectivity index (χ0v) is 20.2. The lowest BCUT2D eigenvalue weighted by atomic mass is 10.2. The fourth-order valence-electron chi connectivity index (χ4n) is 4.73. The quantitative estimate of drug-likeness (QED) is 0.549. The van der Waals surface area contributed by atoms with Gasteiger partial charge in [-0.3, -0.25) is 14.5 Å². The van der Waals surface area contributed by atoms with Gasteiger partial charge in [-0.15, -0.1) is 0 Å². The van der Waals surface area contributed by atoms with Crippen molar-refractivity contribution in [2.24, 2.45) is 7.05 Å². The number of hydrogen-bond acceptors (Lipinski definition) is 8. The summed E-state index contributed by atoms with van der Waals surface area (Å²) in [5.74, 6) is 1.28. The van der Waals surface area contributed by atoms with Gasteiger partial charge in [-0.05, 0) is 37.7 Å². The summed E-state index contributed by atoms with van der Waals surface area (Å²) in [6.45, 7) is 3.56. The van der Waals surface area contributed by atoms with E-state index in [0.717, 1.165) is 36.1 Å². The molecule has 1 N–H and O–H groups in total. The highest BCUT2D eigenvalue weighted by Crippen LogP contribution is 2.34. The average Bonchev–Trinajstić information content (AvgIpc) is 3.41. The maximum Gasteiger partial charge on any atom is 0.293 e. The number of pyridine rings is 1. The number of aromatic nitrogens is 3. The summed E-state index contributed by atoms with van der Waals surface area (Å²) >= 11 is 6.42. The Morgan fingerprint density at radius 1 is 1.24 bits per heavy atom. The third kappa shape index (κ3) is 4.10. The molecule has 4 heterocycles. The maximum atomic E-state index is 12.6. The summed E-state index contributed by atoms with van der Waals surface area (Å²) in [6, 6.07) is 8.24. The van der Waals surface area contributed by atoms with Crippen LogP contribution in [0.1, 0.15) is 19.8 Å². The van der Waals surface area contributed by atoms with Crippen LogP contribution in [0.3, 0.4) is 0 Å². The van der Waals surface area contributed by atoms with Crippen LogP contribution in [0.4, 0.5) is 17.5 Å². The summed E-state index contributed by atoms with van der Waals surface area (Å²) in [4.78, 5) is 38.1. The Morgan fingerprint density at radius 3 is 2.76 bits per heavy atom. The number of aryl methyl sites for hydroxylation is 1. The van der Waals surface area contributed by atoms with E-state index >= 15 is 0 Å². The van der Waals surface area contributed by atoms with Crippen molar-refractivity contribution in [1.82, 2.24) is 19.4 Å². The Kier molecular flexibility index (Phi) is 5.91. The maximum absolute atomic E-state index is 12.6. The van der Waals surface area contributed by atoms with Gasteiger partial charge in [-0.25, -0.2) is 4.98 Å². The van der Waals surface area contributed by atoms with Crippen LogP contribution in [0.5, 0.6) is 5.75 Å². The minimum absolute atomic E-state index is 0.0651. The molecule has 2 aliphatic heterocycles. The largest absolute Gasteiger partial charge is 0.480 e. The molecule has 0 saturated carbocycles. The van der Waals surface area contributed by atoms with Crippen LogP contribution in [0.25, 0.3) is 10.9 Å². The van der Waals surface area contributed by atoms with Gasteiger partial charge in [0.1, 0.15) is 11.6 Å². The first-order valence-electron chi connectivity index (χ1n) is 11.4. The van der Waals surface area contributed by atoms with Gasteiger partial charge < -0.3 is 19.5 Å². The molecule has 3 aromatic rings. The molecular formula is C24H27ClN6O3. The number of halogens is 1. The molecule has 178 valence electrons. The highest BCUT2D eigenvalue weighted by atomic mass is 35.5. The second kappa shape index (κ2) is 8.88. The standard InChI is InChI=1S/C24H27ClN6O3/c1-4-18(32)13-34-21-8-14-7-15(5-6-20(14)30(3)23(21)33)27-22-19(25)10-26-24(28-22)31-12-16-9-17(31)11-29(16)2/h5-8,10,16-17H,4,9,11-13H2,1-3H3,(H,26,27,28). The Balaban J connectivity index is 1.42. The van der Waals surface area contributed by atoms with Crippen molar-refractivity contribution in [2.75, 3.05) is 37.0 Å². The number of rotatable bonds is 7. The Morgan fingerprint density at radius 2 is 2.06 bits per heavy atom. The number of ketones is 1. The van der Waals surface area contributed by atoms with E-state index in [1.54, 1.807) is 26.2 Å². The normalized spacial score (nSPS) is 19.7. The van der Waals surface area contributed by atoms with E-state index in [1.807, 2.05) is 18.2 Å². The van der Waals surface area contributed by atoms with E-state index in [9.17, 15) is 9.59 Å². The van der Waals surface area contributed by atoms with Crippen molar-refractivity contribution in [2.45, 2.75) is 31.8 Å². The molecule has 2 fully saturated rings. The molecule has 2 atom stereocenters. The number of nitrogens with zero attached hydrogens (tertiary/aromatic N) is 5. The topological polar surface area (TPSA) is 92.6 Å². The number of hydrogen-bond donors (Lipinski definition) is 1. The number of anilines is 3. The van der Waals surface area contributed by atoms with E-state index in [4.69, 9.17) is 21.3 Å². The van der Waals surface area contributed by atoms with Crippen LogP contribution in [-0.4, -0.2) is 64.0 Å². The SMILES string of the molecule is CCC(=O)COc1cc2cc(Nc3nc(N4CC5CC4CN5C)ncc3Cl)ccc2n(C)c1=O. The van der Waals surface area contributed by atoms with Crippen molar-refractivity contribution in [3.63, 3.8) is 0 Å². The molecule has 2 saturated heterocycles. The lowest BCUT2D eigenvalue weighted by molar-refractivity contribution is -0.120. The second-order valence-corrected chi connectivity index (χ2v) is 9.36. The van der Waals surface area contributed by atoms with Crippen molar-refractivity contribution in [3.05, 3.63) is 45.8 Å². The monoisotopic (exact) mass is 482 g/mol.